The molecule has 1 fully saturated rings. The molecule has 0 radical (unpaired) electrons. The van der Waals surface area contributed by atoms with E-state index in [-0.39, 0.29) is 5.91 Å². The van der Waals surface area contributed by atoms with Gasteiger partial charge in [0.15, 0.2) is 0 Å². The van der Waals surface area contributed by atoms with Crippen LogP contribution in [0.3, 0.4) is 0 Å². The molecule has 0 spiro atoms. The van der Waals surface area contributed by atoms with Gasteiger partial charge >= 0.3 is 0 Å². The molecule has 0 aliphatic carbocycles. The monoisotopic (exact) mass is 209 g/mol. The molecule has 1 rings (SSSR count). The highest BCUT2D eigenvalue weighted by Gasteiger charge is 2.20. The number of rotatable bonds is 4. The molecule has 1 saturated heterocycles. The Kier molecular flexibility index (Phi) is 4.10. The van der Waals surface area contributed by atoms with Crippen molar-refractivity contribution >= 4 is 5.91 Å². The van der Waals surface area contributed by atoms with Crippen molar-refractivity contribution in [3.63, 3.8) is 0 Å². The third kappa shape index (κ3) is 4.30. The van der Waals surface area contributed by atoms with Crippen LogP contribution in [0.5, 0.6) is 0 Å². The highest BCUT2D eigenvalue weighted by Crippen LogP contribution is 2.12. The van der Waals surface area contributed by atoms with E-state index in [1.807, 2.05) is 13.8 Å². The molecule has 0 aromatic rings. The van der Waals surface area contributed by atoms with Crippen molar-refractivity contribution in [1.29, 1.82) is 5.26 Å². The smallest absolute Gasteiger partial charge is 0.221 e. The molecule has 1 amide bonds. The third-order valence-electron chi connectivity index (χ3n) is 2.62. The van der Waals surface area contributed by atoms with Gasteiger partial charge in [0.1, 0.15) is 0 Å². The van der Waals surface area contributed by atoms with Crippen molar-refractivity contribution in [2.75, 3.05) is 13.1 Å². The summed E-state index contributed by atoms with van der Waals surface area (Å²) in [6.45, 7) is 5.08. The first-order chi connectivity index (χ1) is 7.03. The Bertz CT molecular complexity index is 261. The highest BCUT2D eigenvalue weighted by molar-refractivity contribution is 5.76. The lowest BCUT2D eigenvalue weighted by Gasteiger charge is -2.17. The highest BCUT2D eigenvalue weighted by atomic mass is 16.1. The third-order valence-corrected chi connectivity index (χ3v) is 2.62. The lowest BCUT2D eigenvalue weighted by Crippen LogP contribution is -2.36. The molecule has 2 N–H and O–H groups in total. The van der Waals surface area contributed by atoms with Crippen LogP contribution in [0.2, 0.25) is 0 Å². The molecule has 4 heteroatoms. The summed E-state index contributed by atoms with van der Waals surface area (Å²) in [6, 6.07) is 2.49. The fourth-order valence-corrected chi connectivity index (χ4v) is 1.59. The summed E-state index contributed by atoms with van der Waals surface area (Å²) in [6.07, 6.45) is 2.76. The lowest BCUT2D eigenvalue weighted by atomic mass is 9.96. The van der Waals surface area contributed by atoms with E-state index in [2.05, 4.69) is 16.7 Å². The van der Waals surface area contributed by atoms with Gasteiger partial charge in [-0.3, -0.25) is 4.79 Å². The lowest BCUT2D eigenvalue weighted by molar-refractivity contribution is -0.121. The molecule has 1 atom stereocenters. The minimum atomic E-state index is -0.473. The van der Waals surface area contributed by atoms with Crippen LogP contribution >= 0.6 is 0 Å². The topological polar surface area (TPSA) is 64.9 Å². The number of hydrogen-bond acceptors (Lipinski definition) is 3. The number of nitrogens with one attached hydrogen (secondary N) is 2. The van der Waals surface area contributed by atoms with E-state index >= 15 is 0 Å². The van der Waals surface area contributed by atoms with Crippen LogP contribution in [0.25, 0.3) is 0 Å². The van der Waals surface area contributed by atoms with Crippen molar-refractivity contribution in [2.45, 2.75) is 39.2 Å². The molecule has 84 valence electrons. The Morgan fingerprint density at radius 3 is 2.93 bits per heavy atom. The van der Waals surface area contributed by atoms with Gasteiger partial charge in [0.05, 0.1) is 11.5 Å². The predicted molar refractivity (Wildman–Crippen MR) is 58.0 cm³/mol. The van der Waals surface area contributed by atoms with Gasteiger partial charge in [0, 0.05) is 19.0 Å². The average Bonchev–Trinajstić information content (AvgIpc) is 2.68. The molecular formula is C11H19N3O. The first kappa shape index (κ1) is 12.0. The first-order valence-electron chi connectivity index (χ1n) is 5.45. The number of carbonyl (C=O) groups is 1. The van der Waals surface area contributed by atoms with Crippen molar-refractivity contribution in [3.8, 4) is 6.07 Å². The Morgan fingerprint density at radius 2 is 2.40 bits per heavy atom. The Balaban J connectivity index is 2.22. The van der Waals surface area contributed by atoms with Crippen LogP contribution in [-0.4, -0.2) is 25.0 Å². The van der Waals surface area contributed by atoms with Crippen molar-refractivity contribution in [2.24, 2.45) is 5.41 Å². The molecule has 15 heavy (non-hydrogen) atoms. The Hall–Kier alpha value is -1.08. The average molecular weight is 209 g/mol. The maximum Gasteiger partial charge on any atom is 0.221 e. The van der Waals surface area contributed by atoms with Crippen molar-refractivity contribution < 1.29 is 4.79 Å². The van der Waals surface area contributed by atoms with Crippen LogP contribution in [0.1, 0.15) is 33.1 Å². The van der Waals surface area contributed by atoms with Gasteiger partial charge in [-0.05, 0) is 33.2 Å². The standard InChI is InChI=1S/C11H19N3O/c1-11(2,7-12)8-14-10(15)6-9-4-3-5-13-9/h9,13H,3-6,8H2,1-2H3,(H,14,15). The number of carbonyl (C=O) groups excluding carboxylic acids is 1. The van der Waals surface area contributed by atoms with E-state index in [1.165, 1.54) is 0 Å². The minimum absolute atomic E-state index is 0.0396. The fraction of sp³-hybridized carbons (Fsp3) is 0.818. The van der Waals surface area contributed by atoms with E-state index in [0.717, 1.165) is 19.4 Å². The summed E-state index contributed by atoms with van der Waals surface area (Å²) in [5.74, 6) is 0.0396. The summed E-state index contributed by atoms with van der Waals surface area (Å²) in [5, 5.41) is 14.8. The Morgan fingerprint density at radius 1 is 1.67 bits per heavy atom. The maximum absolute atomic E-state index is 11.5. The first-order valence-corrected chi connectivity index (χ1v) is 5.45. The Labute approximate surface area is 91.0 Å². The van der Waals surface area contributed by atoms with Crippen LogP contribution in [-0.2, 0) is 4.79 Å². The molecule has 0 aromatic carbocycles. The summed E-state index contributed by atoms with van der Waals surface area (Å²) in [7, 11) is 0. The van der Waals surface area contributed by atoms with Crippen LogP contribution < -0.4 is 10.6 Å². The van der Waals surface area contributed by atoms with Crippen molar-refractivity contribution in [3.05, 3.63) is 0 Å². The second kappa shape index (κ2) is 5.13. The summed E-state index contributed by atoms with van der Waals surface area (Å²) >= 11 is 0. The predicted octanol–water partition coefficient (Wildman–Crippen LogP) is 0.794. The number of nitrogens with zero attached hydrogens (tertiary/aromatic N) is 1. The molecule has 1 heterocycles. The largest absolute Gasteiger partial charge is 0.354 e. The van der Waals surface area contributed by atoms with E-state index in [1.54, 1.807) is 0 Å². The van der Waals surface area contributed by atoms with E-state index < -0.39 is 5.41 Å². The molecule has 1 aliphatic rings. The van der Waals surface area contributed by atoms with Gasteiger partial charge in [-0.25, -0.2) is 0 Å². The number of amides is 1. The SMILES string of the molecule is CC(C)(C#N)CNC(=O)CC1CCCN1. The molecule has 0 saturated carbocycles. The quantitative estimate of drug-likeness (QED) is 0.719. The summed E-state index contributed by atoms with van der Waals surface area (Å²) < 4.78 is 0. The summed E-state index contributed by atoms with van der Waals surface area (Å²) in [5.41, 5.74) is -0.473. The normalized spacial score (nSPS) is 21.0. The van der Waals surface area contributed by atoms with Gasteiger partial charge in [-0.2, -0.15) is 5.26 Å². The zero-order chi connectivity index (χ0) is 11.3. The van der Waals surface area contributed by atoms with Gasteiger partial charge in [0.2, 0.25) is 5.91 Å². The van der Waals surface area contributed by atoms with Crippen LogP contribution in [0.15, 0.2) is 0 Å². The van der Waals surface area contributed by atoms with Crippen LogP contribution in [0, 0.1) is 16.7 Å². The van der Waals surface area contributed by atoms with Gasteiger partial charge < -0.3 is 10.6 Å². The zero-order valence-corrected chi connectivity index (χ0v) is 9.47. The summed E-state index contributed by atoms with van der Waals surface area (Å²) in [4.78, 5) is 11.5. The maximum atomic E-state index is 11.5. The molecule has 1 unspecified atom stereocenters. The van der Waals surface area contributed by atoms with E-state index in [4.69, 9.17) is 5.26 Å². The van der Waals surface area contributed by atoms with E-state index in [0.29, 0.717) is 19.0 Å². The van der Waals surface area contributed by atoms with Gasteiger partial charge in [-0.15, -0.1) is 0 Å². The number of hydrogen-bond donors (Lipinski definition) is 2. The fourth-order valence-electron chi connectivity index (χ4n) is 1.59. The second-order valence-corrected chi connectivity index (χ2v) is 4.77. The van der Waals surface area contributed by atoms with E-state index in [9.17, 15) is 4.79 Å². The molecule has 1 aliphatic heterocycles. The van der Waals surface area contributed by atoms with Crippen molar-refractivity contribution in [1.82, 2.24) is 10.6 Å². The number of nitriles is 1. The minimum Gasteiger partial charge on any atom is -0.354 e. The molecule has 4 nitrogen and oxygen atoms in total. The van der Waals surface area contributed by atoms with Gasteiger partial charge in [-0.1, -0.05) is 0 Å². The molecule has 0 aromatic heterocycles. The molecular weight excluding hydrogens is 190 g/mol. The van der Waals surface area contributed by atoms with Gasteiger partial charge in [0.25, 0.3) is 0 Å². The zero-order valence-electron chi connectivity index (χ0n) is 9.47. The second-order valence-electron chi connectivity index (χ2n) is 4.77. The molecule has 0 bridgehead atoms. The van der Waals surface area contributed by atoms with Crippen LogP contribution in [0.4, 0.5) is 0 Å².